The van der Waals surface area contributed by atoms with Crippen LogP contribution in [-0.2, 0) is 17.9 Å². The van der Waals surface area contributed by atoms with E-state index in [-0.39, 0.29) is 13.1 Å². The van der Waals surface area contributed by atoms with Crippen LogP contribution in [-0.4, -0.2) is 39.5 Å². The van der Waals surface area contributed by atoms with E-state index in [1.165, 1.54) is 30.1 Å². The smallest absolute Gasteiger partial charge is 0.332 e. The molecule has 0 aliphatic carbocycles. The number of thiophene rings is 1. The first-order valence-corrected chi connectivity index (χ1v) is 11.5. The SMILES string of the molecule is COc1ccc(NC(=O)Cn2c(=O)n(Cc3ccn[nH]3)c(=O)c3sc4ccccc4c32)c(OC)c1. The average molecular weight is 492 g/mol. The molecule has 0 atom stereocenters. The van der Waals surface area contributed by atoms with Crippen LogP contribution in [0.15, 0.2) is 64.3 Å². The summed E-state index contributed by atoms with van der Waals surface area (Å²) in [4.78, 5) is 40.0. The molecule has 0 aliphatic rings. The van der Waals surface area contributed by atoms with Crippen molar-refractivity contribution in [1.82, 2.24) is 19.3 Å². The fourth-order valence-electron chi connectivity index (χ4n) is 3.96. The minimum atomic E-state index is -0.586. The van der Waals surface area contributed by atoms with E-state index in [0.717, 1.165) is 14.7 Å². The predicted molar refractivity (Wildman–Crippen MR) is 134 cm³/mol. The molecule has 0 saturated carbocycles. The number of anilines is 1. The Balaban J connectivity index is 1.61. The van der Waals surface area contributed by atoms with Crippen molar-refractivity contribution < 1.29 is 14.3 Å². The Bertz CT molecular complexity index is 1670. The standard InChI is InChI=1S/C24H21N5O5S/c1-33-15-7-8-17(18(11-15)34-2)26-20(30)13-28-21-16-5-3-4-6-19(16)35-22(21)23(31)29(24(28)32)12-14-9-10-25-27-14/h3-11H,12-13H2,1-2H3,(H,25,27)(H,26,30). The number of nitrogens with zero attached hydrogens (tertiary/aromatic N) is 3. The van der Waals surface area contributed by atoms with Crippen LogP contribution in [0.1, 0.15) is 5.69 Å². The number of methoxy groups -OCH3 is 2. The Kier molecular flexibility index (Phi) is 5.83. The minimum Gasteiger partial charge on any atom is -0.497 e. The maximum atomic E-state index is 13.5. The lowest BCUT2D eigenvalue weighted by Crippen LogP contribution is -2.41. The number of hydrogen-bond acceptors (Lipinski definition) is 7. The van der Waals surface area contributed by atoms with Crippen molar-refractivity contribution in [3.63, 3.8) is 0 Å². The molecule has 10 nitrogen and oxygen atoms in total. The first kappa shape index (κ1) is 22.4. The van der Waals surface area contributed by atoms with Crippen LogP contribution in [0.3, 0.4) is 0 Å². The van der Waals surface area contributed by atoms with Crippen molar-refractivity contribution in [2.24, 2.45) is 0 Å². The lowest BCUT2D eigenvalue weighted by Gasteiger charge is -2.14. The highest BCUT2D eigenvalue weighted by Gasteiger charge is 2.21. The zero-order chi connectivity index (χ0) is 24.5. The normalized spacial score (nSPS) is 11.1. The van der Waals surface area contributed by atoms with Crippen LogP contribution in [0.4, 0.5) is 5.69 Å². The van der Waals surface area contributed by atoms with E-state index in [1.54, 1.807) is 30.5 Å². The maximum Gasteiger partial charge on any atom is 0.332 e. The highest BCUT2D eigenvalue weighted by atomic mass is 32.1. The van der Waals surface area contributed by atoms with Gasteiger partial charge < -0.3 is 14.8 Å². The number of benzene rings is 2. The van der Waals surface area contributed by atoms with Crippen LogP contribution in [0, 0.1) is 0 Å². The number of rotatable bonds is 7. The second-order valence-corrected chi connectivity index (χ2v) is 8.78. The van der Waals surface area contributed by atoms with Crippen molar-refractivity contribution in [3.8, 4) is 11.5 Å². The highest BCUT2D eigenvalue weighted by molar-refractivity contribution is 7.25. The maximum absolute atomic E-state index is 13.5. The number of amides is 1. The van der Waals surface area contributed by atoms with E-state index in [9.17, 15) is 14.4 Å². The first-order valence-electron chi connectivity index (χ1n) is 10.6. The van der Waals surface area contributed by atoms with Gasteiger partial charge in [-0.25, -0.2) is 4.79 Å². The number of hydrogen-bond donors (Lipinski definition) is 2. The van der Waals surface area contributed by atoms with E-state index in [0.29, 0.717) is 33.1 Å². The van der Waals surface area contributed by atoms with Crippen molar-refractivity contribution in [2.75, 3.05) is 19.5 Å². The molecule has 0 bridgehead atoms. The molecule has 0 saturated heterocycles. The molecule has 2 N–H and O–H groups in total. The second kappa shape index (κ2) is 9.11. The molecule has 0 unspecified atom stereocenters. The van der Waals surface area contributed by atoms with Gasteiger partial charge in [0.15, 0.2) is 0 Å². The van der Waals surface area contributed by atoms with Gasteiger partial charge >= 0.3 is 5.69 Å². The molecule has 0 spiro atoms. The van der Waals surface area contributed by atoms with Crippen LogP contribution >= 0.6 is 11.3 Å². The monoisotopic (exact) mass is 491 g/mol. The number of carbonyl (C=O) groups is 1. The minimum absolute atomic E-state index is 0.00970. The highest BCUT2D eigenvalue weighted by Crippen LogP contribution is 2.31. The third-order valence-corrected chi connectivity index (χ3v) is 6.76. The van der Waals surface area contributed by atoms with E-state index >= 15 is 0 Å². The number of carbonyl (C=O) groups excluding carboxylic acids is 1. The zero-order valence-electron chi connectivity index (χ0n) is 18.9. The number of H-pyrrole nitrogens is 1. The van der Waals surface area contributed by atoms with Crippen molar-refractivity contribution in [2.45, 2.75) is 13.1 Å². The fraction of sp³-hybridized carbons (Fsp3) is 0.167. The molecule has 3 aromatic heterocycles. The number of aromatic nitrogens is 4. The summed E-state index contributed by atoms with van der Waals surface area (Å²) in [6.45, 7) is -0.287. The summed E-state index contributed by atoms with van der Waals surface area (Å²) in [6.07, 6.45) is 1.55. The molecule has 11 heteroatoms. The Morgan fingerprint density at radius 2 is 1.91 bits per heavy atom. The third kappa shape index (κ3) is 4.06. The summed E-state index contributed by atoms with van der Waals surface area (Å²) >= 11 is 1.29. The van der Waals surface area contributed by atoms with E-state index in [4.69, 9.17) is 9.47 Å². The van der Waals surface area contributed by atoms with Gasteiger partial charge in [0.05, 0.1) is 37.7 Å². The van der Waals surface area contributed by atoms with Gasteiger partial charge in [0.1, 0.15) is 22.7 Å². The molecule has 0 aliphatic heterocycles. The largest absolute Gasteiger partial charge is 0.497 e. The van der Waals surface area contributed by atoms with Crippen molar-refractivity contribution >= 4 is 43.2 Å². The van der Waals surface area contributed by atoms with Gasteiger partial charge in [0.2, 0.25) is 5.91 Å². The summed E-state index contributed by atoms with van der Waals surface area (Å²) in [6, 6.07) is 14.1. The summed E-state index contributed by atoms with van der Waals surface area (Å²) in [7, 11) is 3.02. The summed E-state index contributed by atoms with van der Waals surface area (Å²) in [5, 5.41) is 10.2. The van der Waals surface area contributed by atoms with Crippen LogP contribution in [0.2, 0.25) is 0 Å². The van der Waals surface area contributed by atoms with E-state index < -0.39 is 17.2 Å². The van der Waals surface area contributed by atoms with E-state index in [1.807, 2.05) is 24.3 Å². The van der Waals surface area contributed by atoms with Gasteiger partial charge in [-0.15, -0.1) is 11.3 Å². The molecule has 3 heterocycles. The van der Waals surface area contributed by atoms with Gasteiger partial charge in [0.25, 0.3) is 5.56 Å². The van der Waals surface area contributed by atoms with Crippen molar-refractivity contribution in [3.05, 3.63) is 81.3 Å². The molecule has 0 fully saturated rings. The van der Waals surface area contributed by atoms with Crippen LogP contribution in [0.5, 0.6) is 11.5 Å². The molecule has 2 aromatic carbocycles. The number of nitrogens with one attached hydrogen (secondary N) is 2. The Labute approximate surface area is 202 Å². The lowest BCUT2D eigenvalue weighted by molar-refractivity contribution is -0.116. The van der Waals surface area contributed by atoms with Crippen LogP contribution in [0.25, 0.3) is 20.3 Å². The number of aromatic amines is 1. The van der Waals surface area contributed by atoms with Gasteiger partial charge in [-0.1, -0.05) is 18.2 Å². The van der Waals surface area contributed by atoms with Gasteiger partial charge in [-0.3, -0.25) is 23.8 Å². The number of fused-ring (bicyclic) bond motifs is 3. The molecule has 1 amide bonds. The molecule has 178 valence electrons. The Hall–Kier alpha value is -4.38. The summed E-state index contributed by atoms with van der Waals surface area (Å²) in [5.41, 5.74) is 0.484. The van der Waals surface area contributed by atoms with Gasteiger partial charge in [-0.2, -0.15) is 5.10 Å². The molecule has 0 radical (unpaired) electrons. The molecule has 35 heavy (non-hydrogen) atoms. The average Bonchev–Trinajstić information content (AvgIpc) is 3.52. The molecule has 5 aromatic rings. The van der Waals surface area contributed by atoms with Gasteiger partial charge in [0, 0.05) is 22.3 Å². The number of ether oxygens (including phenoxy) is 2. The lowest BCUT2D eigenvalue weighted by atomic mass is 10.2. The molecular formula is C24H21N5O5S. The zero-order valence-corrected chi connectivity index (χ0v) is 19.7. The second-order valence-electron chi connectivity index (χ2n) is 7.73. The summed E-state index contributed by atoms with van der Waals surface area (Å²) in [5.74, 6) is 0.549. The fourth-order valence-corrected chi connectivity index (χ4v) is 5.12. The predicted octanol–water partition coefficient (Wildman–Crippen LogP) is 2.81. The Morgan fingerprint density at radius 1 is 1.09 bits per heavy atom. The quantitative estimate of drug-likeness (QED) is 0.361. The molecule has 5 rings (SSSR count). The Morgan fingerprint density at radius 3 is 2.66 bits per heavy atom. The molecular weight excluding hydrogens is 470 g/mol. The first-order chi connectivity index (χ1) is 17.0. The van der Waals surface area contributed by atoms with E-state index in [2.05, 4.69) is 15.5 Å². The van der Waals surface area contributed by atoms with Crippen LogP contribution < -0.4 is 26.0 Å². The third-order valence-electron chi connectivity index (χ3n) is 5.61. The topological polar surface area (TPSA) is 120 Å². The van der Waals surface area contributed by atoms with Crippen molar-refractivity contribution in [1.29, 1.82) is 0 Å². The summed E-state index contributed by atoms with van der Waals surface area (Å²) < 4.78 is 14.3. The van der Waals surface area contributed by atoms with Gasteiger partial charge in [-0.05, 0) is 24.3 Å².